The highest BCUT2D eigenvalue weighted by Crippen LogP contribution is 2.20. The summed E-state index contributed by atoms with van der Waals surface area (Å²) >= 11 is 0. The SMILES string of the molecule is CCOc1ccc(NC2CC(=O)N(C)C2=O)cc1. The van der Waals surface area contributed by atoms with Crippen molar-refractivity contribution in [3.8, 4) is 5.75 Å². The average molecular weight is 248 g/mol. The number of amides is 2. The van der Waals surface area contributed by atoms with Gasteiger partial charge in [-0.1, -0.05) is 0 Å². The number of nitrogens with one attached hydrogen (secondary N) is 1. The first-order valence-corrected chi connectivity index (χ1v) is 5.91. The Morgan fingerprint density at radius 3 is 2.50 bits per heavy atom. The highest BCUT2D eigenvalue weighted by atomic mass is 16.5. The number of benzene rings is 1. The maximum atomic E-state index is 11.7. The Morgan fingerprint density at radius 2 is 2.00 bits per heavy atom. The number of anilines is 1. The minimum atomic E-state index is -0.458. The van der Waals surface area contributed by atoms with Crippen LogP contribution in [-0.4, -0.2) is 36.4 Å². The van der Waals surface area contributed by atoms with Gasteiger partial charge in [-0.25, -0.2) is 0 Å². The maximum Gasteiger partial charge on any atom is 0.251 e. The van der Waals surface area contributed by atoms with Crippen molar-refractivity contribution in [3.63, 3.8) is 0 Å². The fraction of sp³-hybridized carbons (Fsp3) is 0.385. The summed E-state index contributed by atoms with van der Waals surface area (Å²) in [6.07, 6.45) is 0.211. The summed E-state index contributed by atoms with van der Waals surface area (Å²) in [5, 5.41) is 3.05. The van der Waals surface area contributed by atoms with E-state index >= 15 is 0 Å². The van der Waals surface area contributed by atoms with E-state index in [-0.39, 0.29) is 18.2 Å². The van der Waals surface area contributed by atoms with Crippen LogP contribution in [0.1, 0.15) is 13.3 Å². The van der Waals surface area contributed by atoms with Crippen LogP contribution in [0.4, 0.5) is 5.69 Å². The standard InChI is InChI=1S/C13H16N2O3/c1-3-18-10-6-4-9(5-7-10)14-11-8-12(16)15(2)13(11)17/h4-7,11,14H,3,8H2,1-2H3. The van der Waals surface area contributed by atoms with E-state index in [0.29, 0.717) is 6.61 Å². The van der Waals surface area contributed by atoms with Gasteiger partial charge in [0.15, 0.2) is 0 Å². The second kappa shape index (κ2) is 5.08. The quantitative estimate of drug-likeness (QED) is 0.815. The first-order chi connectivity index (χ1) is 8.61. The second-order valence-corrected chi connectivity index (χ2v) is 4.15. The summed E-state index contributed by atoms with van der Waals surface area (Å²) in [6.45, 7) is 2.54. The monoisotopic (exact) mass is 248 g/mol. The molecular formula is C13H16N2O3. The summed E-state index contributed by atoms with van der Waals surface area (Å²) < 4.78 is 5.33. The van der Waals surface area contributed by atoms with E-state index in [1.54, 1.807) is 0 Å². The zero-order valence-electron chi connectivity index (χ0n) is 10.5. The number of carbonyl (C=O) groups is 2. The number of nitrogens with zero attached hydrogens (tertiary/aromatic N) is 1. The second-order valence-electron chi connectivity index (χ2n) is 4.15. The van der Waals surface area contributed by atoms with Crippen LogP contribution in [0.2, 0.25) is 0 Å². The number of hydrogen-bond acceptors (Lipinski definition) is 4. The molecule has 1 heterocycles. The molecule has 1 fully saturated rings. The first-order valence-electron chi connectivity index (χ1n) is 5.91. The van der Waals surface area contributed by atoms with Crippen LogP contribution in [0.25, 0.3) is 0 Å². The average Bonchev–Trinajstić information content (AvgIpc) is 2.60. The molecule has 1 aromatic rings. The van der Waals surface area contributed by atoms with Gasteiger partial charge in [0.25, 0.3) is 5.91 Å². The Hall–Kier alpha value is -2.04. The van der Waals surface area contributed by atoms with Gasteiger partial charge in [0.2, 0.25) is 5.91 Å². The van der Waals surface area contributed by atoms with Crippen molar-refractivity contribution in [2.24, 2.45) is 0 Å². The minimum absolute atomic E-state index is 0.150. The molecule has 1 saturated heterocycles. The Morgan fingerprint density at radius 1 is 1.33 bits per heavy atom. The van der Waals surface area contributed by atoms with Crippen LogP contribution < -0.4 is 10.1 Å². The lowest BCUT2D eigenvalue weighted by Gasteiger charge is -2.12. The molecule has 1 aliphatic rings. The van der Waals surface area contributed by atoms with Gasteiger partial charge in [-0.2, -0.15) is 0 Å². The molecule has 0 spiro atoms. The zero-order chi connectivity index (χ0) is 13.1. The summed E-state index contributed by atoms with van der Waals surface area (Å²) in [5.74, 6) is 0.450. The third-order valence-electron chi connectivity index (χ3n) is 2.89. The van der Waals surface area contributed by atoms with E-state index in [9.17, 15) is 9.59 Å². The predicted octanol–water partition coefficient (Wildman–Crippen LogP) is 1.25. The van der Waals surface area contributed by atoms with Gasteiger partial charge < -0.3 is 10.1 Å². The molecule has 0 radical (unpaired) electrons. The van der Waals surface area contributed by atoms with Crippen molar-refractivity contribution in [1.82, 2.24) is 4.90 Å². The van der Waals surface area contributed by atoms with E-state index in [1.807, 2.05) is 31.2 Å². The Balaban J connectivity index is 2.02. The normalized spacial score (nSPS) is 19.2. The summed E-state index contributed by atoms with van der Waals surface area (Å²) in [6, 6.07) is 6.87. The lowest BCUT2D eigenvalue weighted by molar-refractivity contribution is -0.136. The van der Waals surface area contributed by atoms with Gasteiger partial charge in [0, 0.05) is 12.7 Å². The van der Waals surface area contributed by atoms with Gasteiger partial charge in [-0.3, -0.25) is 14.5 Å². The summed E-state index contributed by atoms with van der Waals surface area (Å²) in [7, 11) is 1.50. The van der Waals surface area contributed by atoms with Gasteiger partial charge in [0.1, 0.15) is 11.8 Å². The molecule has 0 aliphatic carbocycles. The molecule has 2 rings (SSSR count). The van der Waals surface area contributed by atoms with E-state index < -0.39 is 6.04 Å². The topological polar surface area (TPSA) is 58.6 Å². The molecule has 1 unspecified atom stereocenters. The number of likely N-dealkylation sites (N-methyl/N-ethyl adjacent to an activating group) is 1. The largest absolute Gasteiger partial charge is 0.494 e. The Bertz CT molecular complexity index is 456. The number of imide groups is 1. The lowest BCUT2D eigenvalue weighted by atomic mass is 10.2. The molecule has 96 valence electrons. The van der Waals surface area contributed by atoms with Crippen molar-refractivity contribution in [2.75, 3.05) is 19.0 Å². The first kappa shape index (κ1) is 12.4. The molecule has 1 atom stereocenters. The van der Waals surface area contributed by atoms with Crippen LogP contribution in [0.15, 0.2) is 24.3 Å². The van der Waals surface area contributed by atoms with Gasteiger partial charge in [-0.05, 0) is 31.2 Å². The molecule has 0 aromatic heterocycles. The molecule has 1 N–H and O–H groups in total. The number of hydrogen-bond donors (Lipinski definition) is 1. The molecular weight excluding hydrogens is 232 g/mol. The Kier molecular flexibility index (Phi) is 3.50. The van der Waals surface area contributed by atoms with Gasteiger partial charge >= 0.3 is 0 Å². The third kappa shape index (κ3) is 2.45. The van der Waals surface area contributed by atoms with Crippen LogP contribution >= 0.6 is 0 Å². The van der Waals surface area contributed by atoms with E-state index in [2.05, 4.69) is 5.32 Å². The smallest absolute Gasteiger partial charge is 0.251 e. The molecule has 5 heteroatoms. The number of carbonyl (C=O) groups excluding carboxylic acids is 2. The van der Waals surface area contributed by atoms with Crippen LogP contribution in [-0.2, 0) is 9.59 Å². The van der Waals surface area contributed by atoms with Crippen LogP contribution in [0, 0.1) is 0 Å². The maximum absolute atomic E-state index is 11.7. The number of likely N-dealkylation sites (tertiary alicyclic amines) is 1. The Labute approximate surface area is 106 Å². The van der Waals surface area contributed by atoms with E-state index in [1.165, 1.54) is 7.05 Å². The van der Waals surface area contributed by atoms with Crippen molar-refractivity contribution in [3.05, 3.63) is 24.3 Å². The number of ether oxygens (including phenoxy) is 1. The highest BCUT2D eigenvalue weighted by Gasteiger charge is 2.35. The molecule has 2 amide bonds. The molecule has 18 heavy (non-hydrogen) atoms. The van der Waals surface area contributed by atoms with Gasteiger partial charge in [-0.15, -0.1) is 0 Å². The minimum Gasteiger partial charge on any atom is -0.494 e. The van der Waals surface area contributed by atoms with Crippen molar-refractivity contribution in [2.45, 2.75) is 19.4 Å². The van der Waals surface area contributed by atoms with E-state index in [0.717, 1.165) is 16.3 Å². The summed E-state index contributed by atoms with van der Waals surface area (Å²) in [4.78, 5) is 24.2. The number of rotatable bonds is 4. The summed E-state index contributed by atoms with van der Waals surface area (Å²) in [5.41, 5.74) is 0.805. The molecule has 0 bridgehead atoms. The zero-order valence-corrected chi connectivity index (χ0v) is 10.5. The molecule has 1 aliphatic heterocycles. The van der Waals surface area contributed by atoms with Crippen LogP contribution in [0.3, 0.4) is 0 Å². The fourth-order valence-electron chi connectivity index (χ4n) is 1.88. The van der Waals surface area contributed by atoms with Crippen molar-refractivity contribution in [1.29, 1.82) is 0 Å². The highest BCUT2D eigenvalue weighted by molar-refractivity contribution is 6.06. The molecule has 1 aromatic carbocycles. The van der Waals surface area contributed by atoms with Crippen LogP contribution in [0.5, 0.6) is 5.75 Å². The van der Waals surface area contributed by atoms with E-state index in [4.69, 9.17) is 4.74 Å². The molecule has 5 nitrogen and oxygen atoms in total. The van der Waals surface area contributed by atoms with Crippen molar-refractivity contribution < 1.29 is 14.3 Å². The lowest BCUT2D eigenvalue weighted by Crippen LogP contribution is -2.31. The molecule has 0 saturated carbocycles. The fourth-order valence-corrected chi connectivity index (χ4v) is 1.88. The van der Waals surface area contributed by atoms with Gasteiger partial charge in [0.05, 0.1) is 13.0 Å². The van der Waals surface area contributed by atoms with Crippen molar-refractivity contribution >= 4 is 17.5 Å². The third-order valence-corrected chi connectivity index (χ3v) is 2.89. The predicted molar refractivity (Wildman–Crippen MR) is 67.4 cm³/mol.